The van der Waals surface area contributed by atoms with Crippen LogP contribution in [0.1, 0.15) is 46.0 Å². The van der Waals surface area contributed by atoms with Crippen molar-refractivity contribution in [3.63, 3.8) is 0 Å². The van der Waals surface area contributed by atoms with Gasteiger partial charge < -0.3 is 14.5 Å². The fourth-order valence-corrected chi connectivity index (χ4v) is 2.36. The highest BCUT2D eigenvalue weighted by atomic mass is 16.5. The number of unbranched alkanes of at least 4 members (excludes halogenated alkanes) is 2. The Hall–Kier alpha value is -0.120. The highest BCUT2D eigenvalue weighted by Gasteiger charge is 2.15. The van der Waals surface area contributed by atoms with Crippen molar-refractivity contribution in [2.24, 2.45) is 0 Å². The van der Waals surface area contributed by atoms with Crippen molar-refractivity contribution in [1.82, 2.24) is 9.80 Å². The van der Waals surface area contributed by atoms with E-state index in [-0.39, 0.29) is 0 Å². The molecule has 0 radical (unpaired) electrons. The highest BCUT2D eigenvalue weighted by molar-refractivity contribution is 4.71. The van der Waals surface area contributed by atoms with E-state index in [1.807, 2.05) is 0 Å². The van der Waals surface area contributed by atoms with E-state index in [2.05, 4.69) is 23.6 Å². The van der Waals surface area contributed by atoms with Gasteiger partial charge >= 0.3 is 0 Å². The second-order valence-corrected chi connectivity index (χ2v) is 5.36. The van der Waals surface area contributed by atoms with Gasteiger partial charge in [0.2, 0.25) is 0 Å². The van der Waals surface area contributed by atoms with Crippen LogP contribution in [0.15, 0.2) is 0 Å². The van der Waals surface area contributed by atoms with E-state index < -0.39 is 0 Å². The number of piperazine rings is 1. The Bertz CT molecular complexity index is 179. The fraction of sp³-hybridized carbons (Fsp3) is 1.00. The molecule has 1 fully saturated rings. The molecule has 0 saturated carbocycles. The van der Waals surface area contributed by atoms with Crippen LogP contribution in [0.3, 0.4) is 0 Å². The van der Waals surface area contributed by atoms with Gasteiger partial charge in [0, 0.05) is 45.9 Å². The molecule has 1 rings (SSSR count). The molecule has 0 spiro atoms. The first-order valence-corrected chi connectivity index (χ1v) is 7.89. The van der Waals surface area contributed by atoms with Gasteiger partial charge in [-0.2, -0.15) is 0 Å². The van der Waals surface area contributed by atoms with Gasteiger partial charge in [-0.1, -0.05) is 26.7 Å². The molecule has 1 saturated heterocycles. The summed E-state index contributed by atoms with van der Waals surface area (Å²) in [6.45, 7) is 13.9. The van der Waals surface area contributed by atoms with E-state index in [0.717, 1.165) is 13.2 Å². The molecule has 1 heterocycles. The highest BCUT2D eigenvalue weighted by Crippen LogP contribution is 2.04. The molecule has 0 aliphatic carbocycles. The van der Waals surface area contributed by atoms with Crippen LogP contribution in [-0.2, 0) is 4.74 Å². The minimum atomic E-state index is 0.941. The lowest BCUT2D eigenvalue weighted by molar-refractivity contribution is 0.0974. The van der Waals surface area contributed by atoms with E-state index in [1.165, 1.54) is 71.4 Å². The Kier molecular flexibility index (Phi) is 9.54. The van der Waals surface area contributed by atoms with Crippen molar-refractivity contribution in [2.75, 3.05) is 52.5 Å². The van der Waals surface area contributed by atoms with E-state index in [0.29, 0.717) is 0 Å². The lowest BCUT2D eigenvalue weighted by Gasteiger charge is -2.34. The molecule has 0 N–H and O–H groups in total. The molecule has 0 amide bonds. The number of ether oxygens (including phenoxy) is 1. The van der Waals surface area contributed by atoms with E-state index in [9.17, 15) is 0 Å². The molecule has 0 atom stereocenters. The molecule has 108 valence electrons. The van der Waals surface area contributed by atoms with Gasteiger partial charge in [-0.15, -0.1) is 0 Å². The zero-order valence-electron chi connectivity index (χ0n) is 12.5. The largest absolute Gasteiger partial charge is 0.381 e. The van der Waals surface area contributed by atoms with Gasteiger partial charge in [0.15, 0.2) is 0 Å². The summed E-state index contributed by atoms with van der Waals surface area (Å²) in [7, 11) is 0. The summed E-state index contributed by atoms with van der Waals surface area (Å²) in [5.74, 6) is 0. The summed E-state index contributed by atoms with van der Waals surface area (Å²) in [4.78, 5) is 5.20. The maximum absolute atomic E-state index is 5.60. The van der Waals surface area contributed by atoms with Crippen molar-refractivity contribution in [2.45, 2.75) is 46.0 Å². The average Bonchev–Trinajstić information content (AvgIpc) is 2.42. The van der Waals surface area contributed by atoms with Gasteiger partial charge in [0.05, 0.1) is 0 Å². The summed E-state index contributed by atoms with van der Waals surface area (Å²) in [6, 6.07) is 0. The van der Waals surface area contributed by atoms with Crippen LogP contribution < -0.4 is 0 Å². The molecule has 0 aromatic rings. The Morgan fingerprint density at radius 2 is 1.22 bits per heavy atom. The van der Waals surface area contributed by atoms with Crippen molar-refractivity contribution >= 4 is 0 Å². The first-order chi connectivity index (χ1) is 8.86. The third-order valence-electron chi connectivity index (χ3n) is 3.70. The zero-order chi connectivity index (χ0) is 13.1. The van der Waals surface area contributed by atoms with Crippen LogP contribution in [0.5, 0.6) is 0 Å². The molecule has 0 aromatic carbocycles. The van der Waals surface area contributed by atoms with Crippen LogP contribution in [0.2, 0.25) is 0 Å². The van der Waals surface area contributed by atoms with E-state index >= 15 is 0 Å². The minimum Gasteiger partial charge on any atom is -0.381 e. The maximum Gasteiger partial charge on any atom is 0.0478 e. The van der Waals surface area contributed by atoms with Gasteiger partial charge in [-0.05, 0) is 25.8 Å². The second kappa shape index (κ2) is 10.8. The molecular weight excluding hydrogens is 224 g/mol. The van der Waals surface area contributed by atoms with Gasteiger partial charge in [0.25, 0.3) is 0 Å². The maximum atomic E-state index is 5.60. The van der Waals surface area contributed by atoms with Crippen LogP contribution in [0.4, 0.5) is 0 Å². The number of hydrogen-bond acceptors (Lipinski definition) is 3. The lowest BCUT2D eigenvalue weighted by atomic mass is 10.2. The SMILES string of the molecule is CCCCOCCCN1CCN(CCCC)CC1. The van der Waals surface area contributed by atoms with E-state index in [1.54, 1.807) is 0 Å². The Morgan fingerprint density at radius 3 is 1.78 bits per heavy atom. The normalized spacial score (nSPS) is 18.3. The molecule has 0 aromatic heterocycles. The van der Waals surface area contributed by atoms with E-state index in [4.69, 9.17) is 4.74 Å². The van der Waals surface area contributed by atoms with Crippen LogP contribution >= 0.6 is 0 Å². The molecule has 1 aliphatic rings. The number of nitrogens with zero attached hydrogens (tertiary/aromatic N) is 2. The Labute approximate surface area is 113 Å². The van der Waals surface area contributed by atoms with Gasteiger partial charge in [-0.25, -0.2) is 0 Å². The Balaban J connectivity index is 1.92. The fourth-order valence-electron chi connectivity index (χ4n) is 2.36. The van der Waals surface area contributed by atoms with Crippen LogP contribution in [0, 0.1) is 0 Å². The van der Waals surface area contributed by atoms with Crippen LogP contribution in [0.25, 0.3) is 0 Å². The molecule has 0 bridgehead atoms. The molecule has 18 heavy (non-hydrogen) atoms. The Morgan fingerprint density at radius 1 is 0.722 bits per heavy atom. The monoisotopic (exact) mass is 256 g/mol. The second-order valence-electron chi connectivity index (χ2n) is 5.36. The first-order valence-electron chi connectivity index (χ1n) is 7.89. The third-order valence-corrected chi connectivity index (χ3v) is 3.70. The molecule has 3 heteroatoms. The zero-order valence-corrected chi connectivity index (χ0v) is 12.5. The van der Waals surface area contributed by atoms with Crippen molar-refractivity contribution in [3.8, 4) is 0 Å². The predicted octanol–water partition coefficient (Wildman–Crippen LogP) is 2.61. The molecule has 0 unspecified atom stereocenters. The van der Waals surface area contributed by atoms with Crippen molar-refractivity contribution < 1.29 is 4.74 Å². The summed E-state index contributed by atoms with van der Waals surface area (Å²) in [5, 5.41) is 0. The van der Waals surface area contributed by atoms with Crippen molar-refractivity contribution in [1.29, 1.82) is 0 Å². The lowest BCUT2D eigenvalue weighted by Crippen LogP contribution is -2.46. The summed E-state index contributed by atoms with van der Waals surface area (Å²) < 4.78 is 5.60. The number of hydrogen-bond donors (Lipinski definition) is 0. The van der Waals surface area contributed by atoms with Gasteiger partial charge in [0.1, 0.15) is 0 Å². The molecule has 1 aliphatic heterocycles. The summed E-state index contributed by atoms with van der Waals surface area (Å²) in [6.07, 6.45) is 6.30. The topological polar surface area (TPSA) is 15.7 Å². The predicted molar refractivity (Wildman–Crippen MR) is 78.1 cm³/mol. The average molecular weight is 256 g/mol. The van der Waals surface area contributed by atoms with Crippen LogP contribution in [-0.4, -0.2) is 62.3 Å². The summed E-state index contributed by atoms with van der Waals surface area (Å²) in [5.41, 5.74) is 0. The smallest absolute Gasteiger partial charge is 0.0478 e. The third kappa shape index (κ3) is 7.34. The summed E-state index contributed by atoms with van der Waals surface area (Å²) >= 11 is 0. The molecule has 3 nitrogen and oxygen atoms in total. The van der Waals surface area contributed by atoms with Crippen molar-refractivity contribution in [3.05, 3.63) is 0 Å². The molecular formula is C15H32N2O. The van der Waals surface area contributed by atoms with Gasteiger partial charge in [-0.3, -0.25) is 0 Å². The minimum absolute atomic E-state index is 0.941. The standard InChI is InChI=1S/C15H32N2O/c1-3-5-8-16-10-12-17(13-11-16)9-7-15-18-14-6-4-2/h3-15H2,1-2H3. The first kappa shape index (κ1) is 15.9. The number of rotatable bonds is 10. The quantitative estimate of drug-likeness (QED) is 0.559.